The molecule has 0 aliphatic rings. The van der Waals surface area contributed by atoms with Gasteiger partial charge in [-0.25, -0.2) is 13.8 Å². The van der Waals surface area contributed by atoms with E-state index in [1.807, 2.05) is 48.5 Å². The largest absolute Gasteiger partial charge is 0.489 e. The topological polar surface area (TPSA) is 88.1 Å². The molecule has 1 amide bonds. The van der Waals surface area contributed by atoms with Gasteiger partial charge >= 0.3 is 0 Å². The predicted octanol–water partition coefficient (Wildman–Crippen LogP) is 4.64. The molecule has 0 spiro atoms. The number of para-hydroxylation sites is 1. The molecule has 7 nitrogen and oxygen atoms in total. The number of nitrogens with one attached hydrogen (secondary N) is 1. The maximum atomic E-state index is 12.4. The molecule has 36 heavy (non-hydrogen) atoms. The van der Waals surface area contributed by atoms with Crippen LogP contribution in [0.3, 0.4) is 0 Å². The van der Waals surface area contributed by atoms with Crippen LogP contribution in [0.5, 0.6) is 5.75 Å². The summed E-state index contributed by atoms with van der Waals surface area (Å²) in [5, 5.41) is 6.30. The van der Waals surface area contributed by atoms with E-state index in [-0.39, 0.29) is 6.54 Å². The summed E-state index contributed by atoms with van der Waals surface area (Å²) in [4.78, 5) is 12.4. The van der Waals surface area contributed by atoms with Gasteiger partial charge in [-0.2, -0.15) is 5.10 Å². The van der Waals surface area contributed by atoms with E-state index < -0.39 is 15.9 Å². The first-order valence-corrected chi connectivity index (χ1v) is 13.2. The fraction of sp³-hybridized carbons (Fsp3) is 0.143. The van der Waals surface area contributed by atoms with E-state index in [0.29, 0.717) is 18.0 Å². The molecule has 8 heteroatoms. The van der Waals surface area contributed by atoms with Gasteiger partial charge in [0.2, 0.25) is 10.0 Å². The van der Waals surface area contributed by atoms with Crippen LogP contribution in [0.2, 0.25) is 0 Å². The van der Waals surface area contributed by atoms with E-state index in [9.17, 15) is 13.2 Å². The smallest absolute Gasteiger partial charge is 0.260 e. The fourth-order valence-electron chi connectivity index (χ4n) is 3.80. The molecule has 1 N–H and O–H groups in total. The Bertz CT molecular complexity index is 1490. The average Bonchev–Trinajstić information content (AvgIpc) is 2.87. The van der Waals surface area contributed by atoms with Crippen molar-refractivity contribution in [2.24, 2.45) is 5.10 Å². The Hall–Kier alpha value is -4.17. The summed E-state index contributed by atoms with van der Waals surface area (Å²) >= 11 is 0. The van der Waals surface area contributed by atoms with Crippen LogP contribution >= 0.6 is 0 Å². The van der Waals surface area contributed by atoms with Gasteiger partial charge in [0.05, 0.1) is 18.2 Å². The minimum Gasteiger partial charge on any atom is -0.489 e. The molecule has 0 bridgehead atoms. The third-order valence-corrected chi connectivity index (χ3v) is 6.76. The Balaban J connectivity index is 1.33. The van der Waals surface area contributed by atoms with Crippen molar-refractivity contribution in [2.75, 3.05) is 17.1 Å². The average molecular weight is 502 g/mol. The second kappa shape index (κ2) is 11.0. The number of aryl methyl sites for hydroxylation is 1. The minimum absolute atomic E-state index is 0.373. The Morgan fingerprint density at radius 1 is 0.944 bits per heavy atom. The van der Waals surface area contributed by atoms with Gasteiger partial charge in [-0.05, 0) is 64.7 Å². The molecule has 4 aromatic carbocycles. The Kier molecular flexibility index (Phi) is 7.65. The highest BCUT2D eigenvalue weighted by molar-refractivity contribution is 7.92. The number of benzene rings is 4. The van der Waals surface area contributed by atoms with E-state index in [2.05, 4.69) is 34.8 Å². The van der Waals surface area contributed by atoms with Gasteiger partial charge < -0.3 is 4.74 Å². The van der Waals surface area contributed by atoms with E-state index >= 15 is 0 Å². The zero-order valence-electron chi connectivity index (χ0n) is 20.1. The van der Waals surface area contributed by atoms with Crippen molar-refractivity contribution < 1.29 is 17.9 Å². The van der Waals surface area contributed by atoms with Gasteiger partial charge in [0.1, 0.15) is 18.9 Å². The lowest BCUT2D eigenvalue weighted by molar-refractivity contribution is -0.119. The van der Waals surface area contributed by atoms with Crippen LogP contribution in [0.25, 0.3) is 10.8 Å². The summed E-state index contributed by atoms with van der Waals surface area (Å²) < 4.78 is 31.5. The molecule has 0 aliphatic heterocycles. The molecule has 4 aromatic rings. The van der Waals surface area contributed by atoms with Crippen molar-refractivity contribution in [3.63, 3.8) is 0 Å². The number of anilines is 1. The number of amides is 1. The molecule has 184 valence electrons. The van der Waals surface area contributed by atoms with E-state index in [1.165, 1.54) is 11.6 Å². The fourth-order valence-corrected chi connectivity index (χ4v) is 4.71. The molecule has 0 unspecified atom stereocenters. The van der Waals surface area contributed by atoms with Crippen LogP contribution in [0.4, 0.5) is 5.69 Å². The second-order valence-corrected chi connectivity index (χ2v) is 10.3. The Morgan fingerprint density at radius 3 is 2.39 bits per heavy atom. The number of nitrogens with zero attached hydrogens (tertiary/aromatic N) is 2. The van der Waals surface area contributed by atoms with Crippen LogP contribution in [0.15, 0.2) is 96.1 Å². The van der Waals surface area contributed by atoms with Gasteiger partial charge in [0.15, 0.2) is 0 Å². The lowest BCUT2D eigenvalue weighted by Gasteiger charge is -2.23. The monoisotopic (exact) mass is 501 g/mol. The number of carbonyl (C=O) groups excluding carboxylic acids is 1. The van der Waals surface area contributed by atoms with Crippen molar-refractivity contribution in [3.05, 3.63) is 108 Å². The van der Waals surface area contributed by atoms with E-state index in [0.717, 1.165) is 32.6 Å². The molecule has 0 saturated heterocycles. The lowest BCUT2D eigenvalue weighted by atomic mass is 10.1. The van der Waals surface area contributed by atoms with Crippen molar-refractivity contribution in [2.45, 2.75) is 13.5 Å². The zero-order chi connectivity index (χ0) is 25.5. The summed E-state index contributed by atoms with van der Waals surface area (Å²) in [5.74, 6) is 0.168. The first kappa shape index (κ1) is 24.9. The van der Waals surface area contributed by atoms with Gasteiger partial charge in [-0.1, -0.05) is 60.7 Å². The number of ether oxygens (including phenoxy) is 1. The SMILES string of the molecule is Cc1ccccc1N(CC(=O)N/N=C\c1ccc(OCc2cccc3ccccc23)cc1)S(C)(=O)=O. The highest BCUT2D eigenvalue weighted by atomic mass is 32.2. The molecule has 0 fully saturated rings. The van der Waals surface area contributed by atoms with E-state index in [1.54, 1.807) is 25.1 Å². The molecule has 0 saturated carbocycles. The Labute approximate surface area is 211 Å². The first-order valence-electron chi connectivity index (χ1n) is 11.4. The van der Waals surface area contributed by atoms with E-state index in [4.69, 9.17) is 4.74 Å². The number of hydrogen-bond acceptors (Lipinski definition) is 5. The van der Waals surface area contributed by atoms with Crippen LogP contribution in [0.1, 0.15) is 16.7 Å². The molecule has 0 atom stereocenters. The summed E-state index contributed by atoms with van der Waals surface area (Å²) in [6.07, 6.45) is 2.56. The predicted molar refractivity (Wildman–Crippen MR) is 144 cm³/mol. The maximum absolute atomic E-state index is 12.4. The third-order valence-electron chi connectivity index (χ3n) is 5.63. The van der Waals surface area contributed by atoms with Crippen molar-refractivity contribution in [3.8, 4) is 5.75 Å². The number of hydrogen-bond donors (Lipinski definition) is 1. The molecule has 0 aromatic heterocycles. The summed E-state index contributed by atoms with van der Waals surface area (Å²) in [6.45, 7) is 1.86. The van der Waals surface area contributed by atoms with Crippen LogP contribution in [-0.4, -0.2) is 33.3 Å². The summed E-state index contributed by atoms with van der Waals surface area (Å²) in [6, 6.07) is 28.6. The lowest BCUT2D eigenvalue weighted by Crippen LogP contribution is -2.39. The number of fused-ring (bicyclic) bond motifs is 1. The summed E-state index contributed by atoms with van der Waals surface area (Å²) in [7, 11) is -3.65. The molecule has 0 radical (unpaired) electrons. The van der Waals surface area contributed by atoms with Gasteiger partial charge in [-0.15, -0.1) is 0 Å². The second-order valence-electron chi connectivity index (χ2n) is 8.35. The first-order chi connectivity index (χ1) is 17.3. The molecular weight excluding hydrogens is 474 g/mol. The highest BCUT2D eigenvalue weighted by Crippen LogP contribution is 2.22. The summed E-state index contributed by atoms with van der Waals surface area (Å²) in [5.41, 5.74) is 5.47. The maximum Gasteiger partial charge on any atom is 0.260 e. The molecule has 0 heterocycles. The zero-order valence-corrected chi connectivity index (χ0v) is 20.9. The quantitative estimate of drug-likeness (QED) is 0.267. The van der Waals surface area contributed by atoms with Crippen LogP contribution in [0, 0.1) is 6.92 Å². The normalized spacial score (nSPS) is 11.5. The van der Waals surface area contributed by atoms with Crippen molar-refractivity contribution in [1.82, 2.24) is 5.43 Å². The number of sulfonamides is 1. The van der Waals surface area contributed by atoms with Crippen molar-refractivity contribution >= 4 is 38.6 Å². The number of carbonyl (C=O) groups is 1. The van der Waals surface area contributed by atoms with Gasteiger partial charge in [0.25, 0.3) is 5.91 Å². The molecule has 0 aliphatic carbocycles. The van der Waals surface area contributed by atoms with Crippen LogP contribution < -0.4 is 14.5 Å². The standard InChI is InChI=1S/C28H27N3O4S/c1-21-8-3-6-13-27(21)31(36(2,33)34)19-28(32)30-29-18-22-14-16-25(17-15-22)35-20-24-11-7-10-23-9-4-5-12-26(23)24/h3-18H,19-20H2,1-2H3,(H,30,32)/b29-18-. The minimum atomic E-state index is -3.65. The third kappa shape index (κ3) is 6.28. The number of rotatable bonds is 9. The van der Waals surface area contributed by atoms with Gasteiger partial charge in [0, 0.05) is 0 Å². The molecule has 4 rings (SSSR count). The molecular formula is C28H27N3O4S. The van der Waals surface area contributed by atoms with Gasteiger partial charge in [-0.3, -0.25) is 9.10 Å². The van der Waals surface area contributed by atoms with Crippen LogP contribution in [-0.2, 0) is 21.4 Å². The highest BCUT2D eigenvalue weighted by Gasteiger charge is 2.21. The van der Waals surface area contributed by atoms with Crippen molar-refractivity contribution in [1.29, 1.82) is 0 Å². The number of hydrazone groups is 1. The Morgan fingerprint density at radius 2 is 1.64 bits per heavy atom.